The molecule has 1 aromatic heterocycles. The Balaban J connectivity index is 1.36. The number of fused-ring (bicyclic) bond motifs is 1. The van der Waals surface area contributed by atoms with Crippen LogP contribution in [0.2, 0.25) is 0 Å². The average Bonchev–Trinajstić information content (AvgIpc) is 3.25. The first-order valence-electron chi connectivity index (χ1n) is 12.6. The van der Waals surface area contributed by atoms with Gasteiger partial charge in [-0.25, -0.2) is 8.42 Å². The molecular weight excluding hydrogens is 536 g/mol. The number of nitrogens with one attached hydrogen (secondary N) is 2. The number of hydrogen-bond acceptors (Lipinski definition) is 8. The summed E-state index contributed by atoms with van der Waals surface area (Å²) in [6, 6.07) is 22.5. The topological polar surface area (TPSA) is 114 Å². The summed E-state index contributed by atoms with van der Waals surface area (Å²) < 4.78 is 37.5. The van der Waals surface area contributed by atoms with E-state index in [1.165, 1.54) is 0 Å². The van der Waals surface area contributed by atoms with E-state index in [0.29, 0.717) is 36.8 Å². The van der Waals surface area contributed by atoms with Crippen molar-refractivity contribution >= 4 is 43.1 Å². The molecule has 0 amide bonds. The lowest BCUT2D eigenvalue weighted by atomic mass is 10.0. The number of carbonyl (C=O) groups is 1. The lowest BCUT2D eigenvalue weighted by molar-refractivity contribution is -0.142. The highest BCUT2D eigenvalue weighted by Gasteiger charge is 2.18. The molecule has 0 fully saturated rings. The van der Waals surface area contributed by atoms with Crippen molar-refractivity contribution in [3.05, 3.63) is 83.9 Å². The molecule has 4 aromatic rings. The molecule has 4 rings (SSSR count). The van der Waals surface area contributed by atoms with Gasteiger partial charge < -0.3 is 19.9 Å². The SMILES string of the molecule is CCOC(=O)Cc1c(-c2ccccc2)sc2cc(OCCNC[C@H](O)c3cccc(NS(C)(=O)=O)c3)ccc12. The van der Waals surface area contributed by atoms with Gasteiger partial charge in [0.1, 0.15) is 12.4 Å². The number of hydrogen-bond donors (Lipinski definition) is 3. The summed E-state index contributed by atoms with van der Waals surface area (Å²) in [5.74, 6) is 0.467. The van der Waals surface area contributed by atoms with E-state index in [-0.39, 0.29) is 18.9 Å². The molecule has 3 N–H and O–H groups in total. The minimum Gasteiger partial charge on any atom is -0.492 e. The van der Waals surface area contributed by atoms with Crippen molar-refractivity contribution in [2.75, 3.05) is 37.3 Å². The van der Waals surface area contributed by atoms with Gasteiger partial charge >= 0.3 is 5.97 Å². The number of sulfonamides is 1. The van der Waals surface area contributed by atoms with Crippen LogP contribution >= 0.6 is 11.3 Å². The monoisotopic (exact) mass is 568 g/mol. The molecule has 10 heteroatoms. The smallest absolute Gasteiger partial charge is 0.310 e. The summed E-state index contributed by atoms with van der Waals surface area (Å²) in [6.45, 7) is 3.33. The quantitative estimate of drug-likeness (QED) is 0.158. The fraction of sp³-hybridized carbons (Fsp3) is 0.276. The molecule has 39 heavy (non-hydrogen) atoms. The molecule has 0 unspecified atom stereocenters. The number of aliphatic hydroxyl groups excluding tert-OH is 1. The van der Waals surface area contributed by atoms with E-state index >= 15 is 0 Å². The van der Waals surface area contributed by atoms with Gasteiger partial charge in [0.2, 0.25) is 10.0 Å². The van der Waals surface area contributed by atoms with Crippen LogP contribution in [-0.4, -0.2) is 52.1 Å². The molecule has 1 heterocycles. The average molecular weight is 569 g/mol. The van der Waals surface area contributed by atoms with Gasteiger partial charge in [-0.05, 0) is 59.3 Å². The van der Waals surface area contributed by atoms with Crippen LogP contribution in [0.5, 0.6) is 5.75 Å². The predicted molar refractivity (Wildman–Crippen MR) is 156 cm³/mol. The first-order valence-corrected chi connectivity index (χ1v) is 15.3. The third-order valence-corrected chi connectivity index (χ3v) is 7.74. The van der Waals surface area contributed by atoms with Gasteiger partial charge in [-0.15, -0.1) is 11.3 Å². The molecule has 206 valence electrons. The molecule has 0 saturated heterocycles. The van der Waals surface area contributed by atoms with Crippen molar-refractivity contribution in [1.29, 1.82) is 0 Å². The van der Waals surface area contributed by atoms with Gasteiger partial charge in [0.25, 0.3) is 0 Å². The molecule has 0 bridgehead atoms. The highest BCUT2D eigenvalue weighted by atomic mass is 32.2. The number of anilines is 1. The van der Waals surface area contributed by atoms with Crippen LogP contribution in [0.4, 0.5) is 5.69 Å². The van der Waals surface area contributed by atoms with Crippen LogP contribution in [-0.2, 0) is 26.0 Å². The van der Waals surface area contributed by atoms with Crippen LogP contribution in [0.1, 0.15) is 24.2 Å². The lowest BCUT2D eigenvalue weighted by Crippen LogP contribution is -2.26. The zero-order chi connectivity index (χ0) is 27.8. The van der Waals surface area contributed by atoms with E-state index in [4.69, 9.17) is 9.47 Å². The van der Waals surface area contributed by atoms with Crippen molar-refractivity contribution in [3.8, 4) is 16.2 Å². The molecule has 0 spiro atoms. The Morgan fingerprint density at radius 3 is 2.59 bits per heavy atom. The summed E-state index contributed by atoms with van der Waals surface area (Å²) in [7, 11) is -3.39. The molecule has 0 aliphatic rings. The maximum absolute atomic E-state index is 12.3. The van der Waals surface area contributed by atoms with Gasteiger partial charge in [0, 0.05) is 28.4 Å². The molecule has 1 atom stereocenters. The summed E-state index contributed by atoms with van der Waals surface area (Å²) in [5.41, 5.74) is 3.02. The standard InChI is InChI=1S/C29H32N2O6S2/c1-3-36-28(33)18-25-24-13-12-23(17-27(24)38-29(25)20-8-5-4-6-9-20)37-15-14-30-19-26(32)21-10-7-11-22(16-21)31-39(2,34)35/h4-13,16-17,26,30-32H,3,14-15,18-19H2,1-2H3/t26-/m0/s1. The molecule has 0 radical (unpaired) electrons. The zero-order valence-electron chi connectivity index (χ0n) is 21.8. The molecule has 0 aliphatic carbocycles. The number of ether oxygens (including phenoxy) is 2. The molecule has 0 aliphatic heterocycles. The van der Waals surface area contributed by atoms with Gasteiger partial charge in [0.15, 0.2) is 0 Å². The minimum absolute atomic E-state index is 0.206. The van der Waals surface area contributed by atoms with Gasteiger partial charge in [-0.3, -0.25) is 9.52 Å². The Hall–Kier alpha value is -3.44. The van der Waals surface area contributed by atoms with Crippen LogP contribution in [0.25, 0.3) is 20.5 Å². The molecule has 0 saturated carbocycles. The molecule has 8 nitrogen and oxygen atoms in total. The number of rotatable bonds is 13. The number of benzene rings is 3. The predicted octanol–water partition coefficient (Wildman–Crippen LogP) is 4.75. The maximum Gasteiger partial charge on any atom is 0.310 e. The Kier molecular flexibility index (Phi) is 9.58. The summed E-state index contributed by atoms with van der Waals surface area (Å²) in [6.07, 6.45) is 0.485. The van der Waals surface area contributed by atoms with Crippen molar-refractivity contribution < 1.29 is 27.8 Å². The van der Waals surface area contributed by atoms with Crippen LogP contribution < -0.4 is 14.8 Å². The van der Waals surface area contributed by atoms with Gasteiger partial charge in [-0.2, -0.15) is 0 Å². The van der Waals surface area contributed by atoms with Crippen molar-refractivity contribution in [3.63, 3.8) is 0 Å². The van der Waals surface area contributed by atoms with E-state index in [0.717, 1.165) is 32.3 Å². The van der Waals surface area contributed by atoms with E-state index in [9.17, 15) is 18.3 Å². The molecule has 3 aromatic carbocycles. The van der Waals surface area contributed by atoms with Crippen LogP contribution in [0.3, 0.4) is 0 Å². The number of thiophene rings is 1. The van der Waals surface area contributed by atoms with Gasteiger partial charge in [-0.1, -0.05) is 42.5 Å². The lowest BCUT2D eigenvalue weighted by Gasteiger charge is -2.14. The second-order valence-corrected chi connectivity index (χ2v) is 11.8. The second kappa shape index (κ2) is 13.1. The van der Waals surface area contributed by atoms with Crippen LogP contribution in [0.15, 0.2) is 72.8 Å². The number of aliphatic hydroxyl groups is 1. The Morgan fingerprint density at radius 2 is 1.85 bits per heavy atom. The highest BCUT2D eigenvalue weighted by molar-refractivity contribution is 7.92. The van der Waals surface area contributed by atoms with E-state index in [1.54, 1.807) is 42.5 Å². The zero-order valence-corrected chi connectivity index (χ0v) is 23.5. The van der Waals surface area contributed by atoms with E-state index < -0.39 is 16.1 Å². The van der Waals surface area contributed by atoms with Gasteiger partial charge in [0.05, 0.1) is 25.4 Å². The van der Waals surface area contributed by atoms with Crippen molar-refractivity contribution in [2.45, 2.75) is 19.4 Å². The summed E-state index contributed by atoms with van der Waals surface area (Å²) >= 11 is 1.62. The third kappa shape index (κ3) is 8.03. The maximum atomic E-state index is 12.3. The Morgan fingerprint density at radius 1 is 1.05 bits per heavy atom. The normalized spacial score (nSPS) is 12.3. The molecular formula is C29H32N2O6S2. The third-order valence-electron chi connectivity index (χ3n) is 5.89. The van der Waals surface area contributed by atoms with Crippen molar-refractivity contribution in [1.82, 2.24) is 5.32 Å². The van der Waals surface area contributed by atoms with Crippen LogP contribution in [0, 0.1) is 0 Å². The van der Waals surface area contributed by atoms with E-state index in [1.807, 2.05) is 48.5 Å². The first-order chi connectivity index (χ1) is 18.7. The number of esters is 1. The van der Waals surface area contributed by atoms with E-state index in [2.05, 4.69) is 10.0 Å². The first kappa shape index (κ1) is 28.6. The largest absolute Gasteiger partial charge is 0.492 e. The summed E-state index contributed by atoms with van der Waals surface area (Å²) in [4.78, 5) is 13.4. The summed E-state index contributed by atoms with van der Waals surface area (Å²) in [5, 5.41) is 14.7. The number of carbonyl (C=O) groups excluding carboxylic acids is 1. The highest BCUT2D eigenvalue weighted by Crippen LogP contribution is 2.40. The second-order valence-electron chi connectivity index (χ2n) is 8.98. The minimum atomic E-state index is -3.39. The fourth-order valence-corrected chi connectivity index (χ4v) is 6.01. The van der Waals surface area contributed by atoms with Crippen molar-refractivity contribution in [2.24, 2.45) is 0 Å². The fourth-order valence-electron chi connectivity index (χ4n) is 4.20. The Labute approximate surface area is 232 Å². The Bertz CT molecular complexity index is 1520.